The number of fused-ring (bicyclic) bond motifs is 2. The Morgan fingerprint density at radius 2 is 2.19 bits per heavy atom. The van der Waals surface area contributed by atoms with Crippen molar-refractivity contribution >= 4 is 28.9 Å². The van der Waals surface area contributed by atoms with E-state index in [9.17, 15) is 10.1 Å². The van der Waals surface area contributed by atoms with E-state index in [-0.39, 0.29) is 28.6 Å². The Bertz CT molecular complexity index is 582. The van der Waals surface area contributed by atoms with Gasteiger partial charge in [-0.1, -0.05) is 6.42 Å². The number of rotatable bonds is 4. The fourth-order valence-electron chi connectivity index (χ4n) is 3.95. The molecule has 2 saturated carbocycles. The predicted octanol–water partition coefficient (Wildman–Crippen LogP) is 2.86. The lowest BCUT2D eigenvalue weighted by Gasteiger charge is -2.28. The molecule has 0 unspecified atom stereocenters. The first-order valence-corrected chi connectivity index (χ1v) is 7.57. The van der Waals surface area contributed by atoms with Gasteiger partial charge in [0.05, 0.1) is 4.92 Å². The Kier molecular flexibility index (Phi) is 3.61. The van der Waals surface area contributed by atoms with Gasteiger partial charge >= 0.3 is 5.69 Å². The summed E-state index contributed by atoms with van der Waals surface area (Å²) in [6, 6.07) is 0.101. The Morgan fingerprint density at radius 3 is 2.76 bits per heavy atom. The molecule has 0 aliphatic heterocycles. The second kappa shape index (κ2) is 5.29. The summed E-state index contributed by atoms with van der Waals surface area (Å²) in [6.45, 7) is 2.04. The van der Waals surface area contributed by atoms with E-state index < -0.39 is 4.92 Å². The summed E-state index contributed by atoms with van der Waals surface area (Å²) in [6.07, 6.45) is 5.04. The van der Waals surface area contributed by atoms with Crippen LogP contribution in [0.25, 0.3) is 0 Å². The molecule has 3 N–H and O–H groups in total. The van der Waals surface area contributed by atoms with E-state index >= 15 is 0 Å². The Hall–Kier alpha value is -1.63. The number of nitro groups is 1. The minimum atomic E-state index is -0.568. The average Bonchev–Trinajstić information content (AvgIpc) is 2.99. The van der Waals surface area contributed by atoms with E-state index in [1.54, 1.807) is 0 Å². The highest BCUT2D eigenvalue weighted by molar-refractivity contribution is 6.28. The number of halogens is 1. The Balaban J connectivity index is 1.82. The monoisotopic (exact) mass is 311 g/mol. The Morgan fingerprint density at radius 1 is 1.43 bits per heavy atom. The molecular weight excluding hydrogens is 294 g/mol. The van der Waals surface area contributed by atoms with Crippen LogP contribution < -0.4 is 11.1 Å². The molecule has 21 heavy (non-hydrogen) atoms. The third kappa shape index (κ3) is 2.62. The SMILES string of the molecule is C[C@H](Nc1nc(Cl)nc(N)c1[N+](=O)[O-])[C@@H]1C[C@H]2CC[C@H]1C2. The highest BCUT2D eigenvalue weighted by Gasteiger charge is 2.42. The van der Waals surface area contributed by atoms with Crippen molar-refractivity contribution in [3.63, 3.8) is 0 Å². The van der Waals surface area contributed by atoms with Crippen LogP contribution in [0, 0.1) is 27.9 Å². The minimum absolute atomic E-state index is 0.0826. The number of nitrogens with zero attached hydrogens (tertiary/aromatic N) is 3. The zero-order chi connectivity index (χ0) is 15.1. The molecule has 4 atom stereocenters. The lowest BCUT2D eigenvalue weighted by molar-refractivity contribution is -0.383. The van der Waals surface area contributed by atoms with Gasteiger partial charge in [0.2, 0.25) is 16.9 Å². The van der Waals surface area contributed by atoms with Crippen molar-refractivity contribution in [3.05, 3.63) is 15.4 Å². The zero-order valence-electron chi connectivity index (χ0n) is 11.8. The van der Waals surface area contributed by atoms with Crippen LogP contribution in [0.1, 0.15) is 32.6 Å². The lowest BCUT2D eigenvalue weighted by atomic mass is 9.84. The molecule has 2 fully saturated rings. The van der Waals surface area contributed by atoms with Gasteiger partial charge in [-0.05, 0) is 55.5 Å². The fourth-order valence-corrected chi connectivity index (χ4v) is 4.13. The molecule has 114 valence electrons. The highest BCUT2D eigenvalue weighted by atomic mass is 35.5. The van der Waals surface area contributed by atoms with Gasteiger partial charge in [0, 0.05) is 6.04 Å². The van der Waals surface area contributed by atoms with Crippen molar-refractivity contribution in [2.45, 2.75) is 38.6 Å². The van der Waals surface area contributed by atoms with Crippen LogP contribution in [0.3, 0.4) is 0 Å². The zero-order valence-corrected chi connectivity index (χ0v) is 12.5. The van der Waals surface area contributed by atoms with Crippen LogP contribution in [0.4, 0.5) is 17.3 Å². The highest BCUT2D eigenvalue weighted by Crippen LogP contribution is 2.50. The van der Waals surface area contributed by atoms with E-state index in [1.165, 1.54) is 25.7 Å². The van der Waals surface area contributed by atoms with Crippen molar-refractivity contribution in [1.82, 2.24) is 9.97 Å². The topological polar surface area (TPSA) is 107 Å². The van der Waals surface area contributed by atoms with Crippen molar-refractivity contribution < 1.29 is 4.92 Å². The molecule has 1 heterocycles. The number of nitrogen functional groups attached to an aromatic ring is 1. The normalized spacial score (nSPS) is 28.6. The maximum Gasteiger partial charge on any atom is 0.353 e. The summed E-state index contributed by atoms with van der Waals surface area (Å²) < 4.78 is 0. The van der Waals surface area contributed by atoms with Crippen LogP contribution in [-0.4, -0.2) is 20.9 Å². The quantitative estimate of drug-likeness (QED) is 0.503. The molecule has 0 aromatic carbocycles. The minimum Gasteiger partial charge on any atom is -0.378 e. The smallest absolute Gasteiger partial charge is 0.353 e. The number of hydrogen-bond acceptors (Lipinski definition) is 6. The van der Waals surface area contributed by atoms with E-state index in [1.807, 2.05) is 6.92 Å². The summed E-state index contributed by atoms with van der Waals surface area (Å²) in [5, 5.41) is 14.2. The molecule has 8 heteroatoms. The van der Waals surface area contributed by atoms with Gasteiger partial charge in [0.15, 0.2) is 0 Å². The van der Waals surface area contributed by atoms with Crippen molar-refractivity contribution in [2.75, 3.05) is 11.1 Å². The fraction of sp³-hybridized carbons (Fsp3) is 0.692. The summed E-state index contributed by atoms with van der Waals surface area (Å²) in [4.78, 5) is 18.2. The predicted molar refractivity (Wildman–Crippen MR) is 80.1 cm³/mol. The third-order valence-corrected chi connectivity index (χ3v) is 5.03. The first-order valence-electron chi connectivity index (χ1n) is 7.19. The van der Waals surface area contributed by atoms with Crippen LogP contribution >= 0.6 is 11.6 Å². The Labute approximate surface area is 127 Å². The molecule has 3 rings (SSSR count). The molecule has 0 spiro atoms. The lowest BCUT2D eigenvalue weighted by Crippen LogP contribution is -2.30. The standard InChI is InChI=1S/C13H18ClN5O2/c1-6(9-5-7-2-3-8(9)4-7)16-12-10(19(20)21)11(15)17-13(14)18-12/h6-9H,2-5H2,1H3,(H3,15,16,17,18)/t6-,7-,8-,9-/m0/s1. The van der Waals surface area contributed by atoms with E-state index in [2.05, 4.69) is 15.3 Å². The van der Waals surface area contributed by atoms with Crippen LogP contribution in [-0.2, 0) is 0 Å². The summed E-state index contributed by atoms with van der Waals surface area (Å²) in [7, 11) is 0. The molecule has 0 amide bonds. The second-order valence-electron chi connectivity index (χ2n) is 6.10. The van der Waals surface area contributed by atoms with Crippen LogP contribution in [0.5, 0.6) is 0 Å². The van der Waals surface area contributed by atoms with Gasteiger partial charge in [-0.2, -0.15) is 9.97 Å². The molecular formula is C13H18ClN5O2. The molecule has 2 aliphatic carbocycles. The molecule has 1 aromatic heterocycles. The summed E-state index contributed by atoms with van der Waals surface area (Å²) >= 11 is 5.77. The molecule has 0 radical (unpaired) electrons. The molecule has 0 saturated heterocycles. The maximum atomic E-state index is 11.1. The maximum absolute atomic E-state index is 11.1. The van der Waals surface area contributed by atoms with Crippen molar-refractivity contribution in [3.8, 4) is 0 Å². The van der Waals surface area contributed by atoms with Gasteiger partial charge < -0.3 is 11.1 Å². The second-order valence-corrected chi connectivity index (χ2v) is 6.44. The first kappa shape index (κ1) is 14.3. The van der Waals surface area contributed by atoms with Crippen LogP contribution in [0.15, 0.2) is 0 Å². The molecule has 2 aliphatic rings. The van der Waals surface area contributed by atoms with Gasteiger partial charge in [-0.15, -0.1) is 0 Å². The van der Waals surface area contributed by atoms with E-state index in [0.29, 0.717) is 11.8 Å². The third-order valence-electron chi connectivity index (χ3n) is 4.87. The molecule has 7 nitrogen and oxygen atoms in total. The number of anilines is 2. The number of nitrogens with two attached hydrogens (primary N) is 1. The van der Waals surface area contributed by atoms with Gasteiger partial charge in [0.25, 0.3) is 0 Å². The van der Waals surface area contributed by atoms with Crippen molar-refractivity contribution in [1.29, 1.82) is 0 Å². The number of hydrogen-bond donors (Lipinski definition) is 2. The number of aromatic nitrogens is 2. The number of nitrogens with one attached hydrogen (secondary N) is 1. The molecule has 2 bridgehead atoms. The van der Waals surface area contributed by atoms with Crippen molar-refractivity contribution in [2.24, 2.45) is 17.8 Å². The summed E-state index contributed by atoms with van der Waals surface area (Å²) in [5.41, 5.74) is 5.30. The molecule has 1 aromatic rings. The van der Waals surface area contributed by atoms with Gasteiger partial charge in [0.1, 0.15) is 0 Å². The van der Waals surface area contributed by atoms with E-state index in [0.717, 1.165) is 5.92 Å². The first-order chi connectivity index (χ1) is 9.95. The van der Waals surface area contributed by atoms with E-state index in [4.69, 9.17) is 17.3 Å². The average molecular weight is 312 g/mol. The largest absolute Gasteiger partial charge is 0.378 e. The summed E-state index contributed by atoms with van der Waals surface area (Å²) in [5.74, 6) is 1.97. The van der Waals surface area contributed by atoms with Gasteiger partial charge in [-0.25, -0.2) is 0 Å². The van der Waals surface area contributed by atoms with Crippen LogP contribution in [0.2, 0.25) is 5.28 Å². The van der Waals surface area contributed by atoms with Gasteiger partial charge in [-0.3, -0.25) is 10.1 Å².